The van der Waals surface area contributed by atoms with Gasteiger partial charge in [0.25, 0.3) is 0 Å². The zero-order chi connectivity index (χ0) is 18.6. The van der Waals surface area contributed by atoms with Gasteiger partial charge in [-0.1, -0.05) is 70.7 Å². The number of rotatable bonds is 5. The van der Waals surface area contributed by atoms with Crippen molar-refractivity contribution in [3.8, 4) is 11.4 Å². The van der Waals surface area contributed by atoms with Gasteiger partial charge in [-0.2, -0.15) is 9.97 Å². The first-order valence-electron chi connectivity index (χ1n) is 7.96. The summed E-state index contributed by atoms with van der Waals surface area (Å²) in [5.41, 5.74) is 2.92. The second-order valence-electron chi connectivity index (χ2n) is 5.67. The second kappa shape index (κ2) is 8.16. The van der Waals surface area contributed by atoms with E-state index >= 15 is 0 Å². The molecule has 0 unspecified atom stereocenters. The summed E-state index contributed by atoms with van der Waals surface area (Å²) in [5.74, 6) is 0.878. The zero-order valence-electron chi connectivity index (χ0n) is 14.0. The molecule has 1 aromatic carbocycles. The van der Waals surface area contributed by atoms with E-state index in [1.807, 2.05) is 49.4 Å². The molecular formula is C18H16Cl3N5. The number of nitrogens with one attached hydrogen (secondary N) is 1. The van der Waals surface area contributed by atoms with Crippen LogP contribution < -0.4 is 5.32 Å². The molecule has 0 amide bonds. The van der Waals surface area contributed by atoms with Crippen LogP contribution in [0, 0.1) is 6.92 Å². The van der Waals surface area contributed by atoms with Gasteiger partial charge in [-0.25, -0.2) is 4.98 Å². The SMILES string of the molecule is Cc1ccc(-c2nc(NCCc3ccccn3)nc(C(Cl)(Cl)Cl)n2)cc1. The number of aromatic nitrogens is 4. The van der Waals surface area contributed by atoms with Crippen LogP contribution in [0.15, 0.2) is 48.7 Å². The summed E-state index contributed by atoms with van der Waals surface area (Å²) in [4.78, 5) is 17.3. The van der Waals surface area contributed by atoms with Crippen molar-refractivity contribution in [3.05, 3.63) is 65.7 Å². The van der Waals surface area contributed by atoms with Gasteiger partial charge in [-0.05, 0) is 19.1 Å². The average molecular weight is 409 g/mol. The lowest BCUT2D eigenvalue weighted by atomic mass is 10.1. The Bertz CT molecular complexity index is 864. The predicted molar refractivity (Wildman–Crippen MR) is 106 cm³/mol. The van der Waals surface area contributed by atoms with Crippen LogP contribution >= 0.6 is 34.8 Å². The molecule has 8 heteroatoms. The van der Waals surface area contributed by atoms with Gasteiger partial charge < -0.3 is 5.32 Å². The van der Waals surface area contributed by atoms with Gasteiger partial charge >= 0.3 is 0 Å². The summed E-state index contributed by atoms with van der Waals surface area (Å²) < 4.78 is -1.74. The van der Waals surface area contributed by atoms with Crippen molar-refractivity contribution < 1.29 is 0 Å². The Kier molecular flexibility index (Phi) is 5.91. The lowest BCUT2D eigenvalue weighted by molar-refractivity contribution is 0.894. The predicted octanol–water partition coefficient (Wildman–Crippen LogP) is 4.72. The maximum Gasteiger partial charge on any atom is 0.250 e. The Morgan fingerprint density at radius 3 is 2.38 bits per heavy atom. The molecule has 26 heavy (non-hydrogen) atoms. The van der Waals surface area contributed by atoms with Gasteiger partial charge in [0, 0.05) is 30.4 Å². The molecule has 0 bridgehead atoms. The molecule has 0 aliphatic carbocycles. The molecule has 5 nitrogen and oxygen atoms in total. The highest BCUT2D eigenvalue weighted by Gasteiger charge is 2.28. The molecule has 2 heterocycles. The van der Waals surface area contributed by atoms with Gasteiger partial charge in [0.15, 0.2) is 11.6 Å². The van der Waals surface area contributed by atoms with E-state index in [-0.39, 0.29) is 5.82 Å². The number of anilines is 1. The fourth-order valence-corrected chi connectivity index (χ4v) is 2.52. The molecule has 3 aromatic rings. The number of hydrogen-bond acceptors (Lipinski definition) is 5. The minimum atomic E-state index is -1.74. The molecule has 1 N–H and O–H groups in total. The van der Waals surface area contributed by atoms with Gasteiger partial charge in [-0.15, -0.1) is 0 Å². The van der Waals surface area contributed by atoms with E-state index in [4.69, 9.17) is 34.8 Å². The third kappa shape index (κ3) is 5.04. The first kappa shape index (κ1) is 18.8. The van der Waals surface area contributed by atoms with Gasteiger partial charge in [-0.3, -0.25) is 4.98 Å². The van der Waals surface area contributed by atoms with E-state index in [1.165, 1.54) is 0 Å². The smallest absolute Gasteiger partial charge is 0.250 e. The van der Waals surface area contributed by atoms with Crippen LogP contribution in [0.3, 0.4) is 0 Å². The van der Waals surface area contributed by atoms with Crippen LogP contribution in [0.25, 0.3) is 11.4 Å². The first-order valence-corrected chi connectivity index (χ1v) is 9.09. The molecule has 134 valence electrons. The number of halogens is 3. The molecule has 0 spiro atoms. The molecule has 0 saturated heterocycles. The third-order valence-electron chi connectivity index (χ3n) is 3.59. The number of alkyl halides is 3. The maximum absolute atomic E-state index is 5.99. The topological polar surface area (TPSA) is 63.6 Å². The maximum atomic E-state index is 5.99. The van der Waals surface area contributed by atoms with Gasteiger partial charge in [0.2, 0.25) is 9.74 Å². The Morgan fingerprint density at radius 1 is 0.962 bits per heavy atom. The highest BCUT2D eigenvalue weighted by atomic mass is 35.6. The van der Waals surface area contributed by atoms with Crippen LogP contribution in [0.1, 0.15) is 17.1 Å². The van der Waals surface area contributed by atoms with Crippen molar-refractivity contribution in [1.82, 2.24) is 19.9 Å². The molecule has 0 radical (unpaired) electrons. The number of pyridine rings is 1. The minimum absolute atomic E-state index is 0.0772. The Morgan fingerprint density at radius 2 is 1.73 bits per heavy atom. The lowest BCUT2D eigenvalue weighted by Crippen LogP contribution is -2.15. The van der Waals surface area contributed by atoms with Crippen LogP contribution in [-0.2, 0) is 10.2 Å². The van der Waals surface area contributed by atoms with Gasteiger partial charge in [0.05, 0.1) is 0 Å². The van der Waals surface area contributed by atoms with E-state index in [0.717, 1.165) is 23.2 Å². The number of nitrogens with zero attached hydrogens (tertiary/aromatic N) is 4. The molecule has 0 atom stereocenters. The fraction of sp³-hybridized carbons (Fsp3) is 0.222. The summed E-state index contributed by atoms with van der Waals surface area (Å²) in [7, 11) is 0. The Labute approximate surface area is 166 Å². The van der Waals surface area contributed by atoms with Crippen molar-refractivity contribution >= 4 is 40.8 Å². The lowest BCUT2D eigenvalue weighted by Gasteiger charge is -2.13. The summed E-state index contributed by atoms with van der Waals surface area (Å²) in [6, 6.07) is 13.6. The molecule has 2 aromatic heterocycles. The van der Waals surface area contributed by atoms with E-state index in [2.05, 4.69) is 25.3 Å². The first-order chi connectivity index (χ1) is 12.4. The van der Waals surface area contributed by atoms with Crippen molar-refractivity contribution in [1.29, 1.82) is 0 Å². The Hall–Kier alpha value is -1.95. The third-order valence-corrected chi connectivity index (χ3v) is 4.10. The van der Waals surface area contributed by atoms with E-state index in [1.54, 1.807) is 6.20 Å². The summed E-state index contributed by atoms with van der Waals surface area (Å²) >= 11 is 18.0. The highest BCUT2D eigenvalue weighted by Crippen LogP contribution is 2.36. The van der Waals surface area contributed by atoms with Crippen molar-refractivity contribution in [3.63, 3.8) is 0 Å². The summed E-state index contributed by atoms with van der Waals surface area (Å²) in [5, 5.41) is 3.15. The monoisotopic (exact) mass is 407 g/mol. The number of aryl methyl sites for hydroxylation is 1. The number of benzene rings is 1. The van der Waals surface area contributed by atoms with E-state index in [9.17, 15) is 0 Å². The zero-order valence-corrected chi connectivity index (χ0v) is 16.2. The molecule has 3 rings (SSSR count). The molecule has 0 aliphatic rings. The largest absolute Gasteiger partial charge is 0.354 e. The Balaban J connectivity index is 1.84. The van der Waals surface area contributed by atoms with E-state index in [0.29, 0.717) is 18.3 Å². The molecule has 0 aliphatic heterocycles. The van der Waals surface area contributed by atoms with Crippen LogP contribution in [0.2, 0.25) is 0 Å². The van der Waals surface area contributed by atoms with Crippen molar-refractivity contribution in [2.75, 3.05) is 11.9 Å². The highest BCUT2D eigenvalue weighted by molar-refractivity contribution is 6.66. The second-order valence-corrected chi connectivity index (χ2v) is 7.95. The minimum Gasteiger partial charge on any atom is -0.354 e. The normalized spacial score (nSPS) is 11.4. The van der Waals surface area contributed by atoms with Crippen molar-refractivity contribution in [2.45, 2.75) is 17.1 Å². The standard InChI is InChI=1S/C18H16Cl3N5/c1-12-5-7-13(8-6-12)15-24-16(18(19,20)21)26-17(25-15)23-11-9-14-4-2-3-10-22-14/h2-8,10H,9,11H2,1H3,(H,23,24,25,26). The van der Waals surface area contributed by atoms with Crippen LogP contribution in [0.5, 0.6) is 0 Å². The molecule has 0 fully saturated rings. The fourth-order valence-electron chi connectivity index (χ4n) is 2.26. The van der Waals surface area contributed by atoms with Crippen LogP contribution in [-0.4, -0.2) is 26.5 Å². The average Bonchev–Trinajstić information content (AvgIpc) is 2.62. The van der Waals surface area contributed by atoms with E-state index < -0.39 is 3.79 Å². The quantitative estimate of drug-likeness (QED) is 0.619. The molecular weight excluding hydrogens is 393 g/mol. The molecule has 0 saturated carbocycles. The van der Waals surface area contributed by atoms with Gasteiger partial charge in [0.1, 0.15) is 0 Å². The summed E-state index contributed by atoms with van der Waals surface area (Å²) in [6.07, 6.45) is 2.48. The number of hydrogen-bond donors (Lipinski definition) is 1. The van der Waals surface area contributed by atoms with Crippen LogP contribution in [0.4, 0.5) is 5.95 Å². The van der Waals surface area contributed by atoms with Crippen molar-refractivity contribution in [2.24, 2.45) is 0 Å². The summed E-state index contributed by atoms with van der Waals surface area (Å²) in [6.45, 7) is 2.60.